The molecule has 2 aliphatic rings. The fourth-order valence-corrected chi connectivity index (χ4v) is 4.04. The SMILES string of the molecule is CN(Cc1ccccn1)C(=O)C1=NOC2(CCCN(C(=O)NCc3ccccc3)C2)C1. The number of aromatic nitrogens is 1. The Labute approximate surface area is 181 Å². The van der Waals surface area contributed by atoms with E-state index >= 15 is 0 Å². The summed E-state index contributed by atoms with van der Waals surface area (Å²) < 4.78 is 0. The summed E-state index contributed by atoms with van der Waals surface area (Å²) in [6.45, 7) is 1.95. The van der Waals surface area contributed by atoms with Crippen LogP contribution in [0.1, 0.15) is 30.5 Å². The van der Waals surface area contributed by atoms with Gasteiger partial charge in [0.2, 0.25) is 0 Å². The van der Waals surface area contributed by atoms with Crippen molar-refractivity contribution in [1.29, 1.82) is 0 Å². The van der Waals surface area contributed by atoms with Crippen LogP contribution in [0, 0.1) is 0 Å². The molecular formula is C23H27N5O3. The second-order valence-electron chi connectivity index (χ2n) is 8.14. The van der Waals surface area contributed by atoms with E-state index in [0.717, 1.165) is 24.1 Å². The molecule has 1 spiro atoms. The summed E-state index contributed by atoms with van der Waals surface area (Å²) in [5, 5.41) is 7.08. The molecule has 1 unspecified atom stereocenters. The van der Waals surface area contributed by atoms with Gasteiger partial charge in [-0.3, -0.25) is 9.78 Å². The number of rotatable bonds is 5. The lowest BCUT2D eigenvalue weighted by Gasteiger charge is -2.38. The summed E-state index contributed by atoms with van der Waals surface area (Å²) in [6.07, 6.45) is 3.68. The molecule has 2 aromatic rings. The van der Waals surface area contributed by atoms with E-state index in [1.54, 1.807) is 23.0 Å². The van der Waals surface area contributed by atoms with Crippen LogP contribution in [0.25, 0.3) is 0 Å². The molecule has 0 radical (unpaired) electrons. The van der Waals surface area contributed by atoms with Crippen LogP contribution in [0.4, 0.5) is 4.79 Å². The zero-order chi connectivity index (χ0) is 21.7. The van der Waals surface area contributed by atoms with Crippen LogP contribution >= 0.6 is 0 Å². The lowest BCUT2D eigenvalue weighted by Crippen LogP contribution is -2.53. The zero-order valence-corrected chi connectivity index (χ0v) is 17.7. The first-order valence-corrected chi connectivity index (χ1v) is 10.5. The van der Waals surface area contributed by atoms with Gasteiger partial charge in [0, 0.05) is 32.8 Å². The maximum atomic E-state index is 12.8. The van der Waals surface area contributed by atoms with Gasteiger partial charge in [-0.1, -0.05) is 41.6 Å². The number of oxime groups is 1. The fraction of sp³-hybridized carbons (Fsp3) is 0.391. The maximum absolute atomic E-state index is 12.8. The highest BCUT2D eigenvalue weighted by Crippen LogP contribution is 2.34. The summed E-state index contributed by atoms with van der Waals surface area (Å²) in [4.78, 5) is 38.9. The normalized spacial score (nSPS) is 20.2. The predicted molar refractivity (Wildman–Crippen MR) is 116 cm³/mol. The quantitative estimate of drug-likeness (QED) is 0.804. The molecule has 0 saturated carbocycles. The van der Waals surface area contributed by atoms with Crippen molar-refractivity contribution in [3.8, 4) is 0 Å². The number of hydrogen-bond donors (Lipinski definition) is 1. The van der Waals surface area contributed by atoms with Gasteiger partial charge in [0.05, 0.1) is 18.8 Å². The number of urea groups is 1. The number of piperidine rings is 1. The summed E-state index contributed by atoms with van der Waals surface area (Å²) in [5.41, 5.74) is 1.63. The molecule has 1 atom stereocenters. The Morgan fingerprint density at radius 2 is 2.00 bits per heavy atom. The summed E-state index contributed by atoms with van der Waals surface area (Å²) in [6, 6.07) is 15.3. The number of nitrogens with zero attached hydrogens (tertiary/aromatic N) is 4. The van der Waals surface area contributed by atoms with E-state index in [1.807, 2.05) is 48.5 Å². The number of amides is 3. The molecule has 162 valence electrons. The second-order valence-corrected chi connectivity index (χ2v) is 8.14. The van der Waals surface area contributed by atoms with Crippen molar-refractivity contribution >= 4 is 17.6 Å². The Morgan fingerprint density at radius 3 is 2.77 bits per heavy atom. The highest BCUT2D eigenvalue weighted by Gasteiger charge is 2.46. The van der Waals surface area contributed by atoms with E-state index in [9.17, 15) is 9.59 Å². The first kappa shape index (κ1) is 20.8. The van der Waals surface area contributed by atoms with Gasteiger partial charge in [0.15, 0.2) is 5.60 Å². The van der Waals surface area contributed by atoms with Crippen LogP contribution in [-0.4, -0.2) is 58.2 Å². The standard InChI is InChI=1S/C23H27N5O3/c1-27(16-19-10-5-6-12-24-19)21(29)20-14-23(31-26-20)11-7-13-28(17-23)22(30)25-15-18-8-3-2-4-9-18/h2-6,8-10,12H,7,11,13-17H2,1H3,(H,25,30). The molecule has 2 aliphatic heterocycles. The van der Waals surface area contributed by atoms with Gasteiger partial charge in [0.1, 0.15) is 5.71 Å². The van der Waals surface area contributed by atoms with Gasteiger partial charge in [-0.25, -0.2) is 4.79 Å². The summed E-state index contributed by atoms with van der Waals surface area (Å²) >= 11 is 0. The van der Waals surface area contributed by atoms with E-state index in [0.29, 0.717) is 38.3 Å². The fourth-order valence-electron chi connectivity index (χ4n) is 4.04. The van der Waals surface area contributed by atoms with E-state index in [-0.39, 0.29) is 11.9 Å². The van der Waals surface area contributed by atoms with Crippen LogP contribution in [0.5, 0.6) is 0 Å². The second kappa shape index (κ2) is 9.16. The minimum atomic E-state index is -0.626. The predicted octanol–water partition coefficient (Wildman–Crippen LogP) is 2.56. The molecule has 1 N–H and O–H groups in total. The molecule has 1 saturated heterocycles. The topological polar surface area (TPSA) is 87.1 Å². The van der Waals surface area contributed by atoms with Gasteiger partial charge >= 0.3 is 6.03 Å². The molecule has 1 aromatic carbocycles. The van der Waals surface area contributed by atoms with E-state index in [2.05, 4.69) is 15.5 Å². The van der Waals surface area contributed by atoms with Crippen molar-refractivity contribution in [2.24, 2.45) is 5.16 Å². The minimum absolute atomic E-state index is 0.126. The maximum Gasteiger partial charge on any atom is 0.317 e. The molecule has 0 aliphatic carbocycles. The lowest BCUT2D eigenvalue weighted by molar-refractivity contribution is -0.123. The minimum Gasteiger partial charge on any atom is -0.386 e. The van der Waals surface area contributed by atoms with Crippen molar-refractivity contribution in [2.75, 3.05) is 20.1 Å². The molecule has 1 aromatic heterocycles. The number of hydrogen-bond acceptors (Lipinski definition) is 5. The first-order chi connectivity index (χ1) is 15.0. The summed E-state index contributed by atoms with van der Waals surface area (Å²) in [5.74, 6) is -0.173. The average molecular weight is 422 g/mol. The largest absolute Gasteiger partial charge is 0.386 e. The Bertz CT molecular complexity index is 950. The molecule has 0 bridgehead atoms. The molecule has 1 fully saturated rings. The van der Waals surface area contributed by atoms with Crippen LogP contribution < -0.4 is 5.32 Å². The van der Waals surface area contributed by atoms with Crippen LogP contribution in [0.15, 0.2) is 59.9 Å². The molecule has 3 heterocycles. The van der Waals surface area contributed by atoms with E-state index in [1.165, 1.54) is 0 Å². The number of likely N-dealkylation sites (tertiary alicyclic amines) is 1. The van der Waals surface area contributed by atoms with Crippen molar-refractivity contribution < 1.29 is 14.4 Å². The van der Waals surface area contributed by atoms with E-state index < -0.39 is 5.60 Å². The molecule has 8 nitrogen and oxygen atoms in total. The number of benzene rings is 1. The van der Waals surface area contributed by atoms with Gasteiger partial charge in [-0.05, 0) is 30.5 Å². The lowest BCUT2D eigenvalue weighted by atomic mass is 9.88. The molecule has 3 amide bonds. The highest BCUT2D eigenvalue weighted by atomic mass is 16.7. The van der Waals surface area contributed by atoms with Crippen molar-refractivity contribution in [1.82, 2.24) is 20.1 Å². The van der Waals surface area contributed by atoms with Crippen LogP contribution in [0.3, 0.4) is 0 Å². The van der Waals surface area contributed by atoms with E-state index in [4.69, 9.17) is 4.84 Å². The average Bonchev–Trinajstić information content (AvgIpc) is 3.21. The Morgan fingerprint density at radius 1 is 1.19 bits per heavy atom. The Hall–Kier alpha value is -3.42. The van der Waals surface area contributed by atoms with Gasteiger partial charge in [-0.2, -0.15) is 0 Å². The van der Waals surface area contributed by atoms with Crippen LogP contribution in [0.2, 0.25) is 0 Å². The molecular weight excluding hydrogens is 394 g/mol. The van der Waals surface area contributed by atoms with Gasteiger partial charge in [0.25, 0.3) is 5.91 Å². The monoisotopic (exact) mass is 421 g/mol. The highest BCUT2D eigenvalue weighted by molar-refractivity contribution is 6.39. The van der Waals surface area contributed by atoms with Crippen LogP contribution in [-0.2, 0) is 22.7 Å². The Kier molecular flexibility index (Phi) is 6.16. The number of carbonyl (C=O) groups is 2. The third-order valence-corrected chi connectivity index (χ3v) is 5.67. The Balaban J connectivity index is 1.32. The molecule has 31 heavy (non-hydrogen) atoms. The number of pyridine rings is 1. The van der Waals surface area contributed by atoms with Crippen molar-refractivity contribution in [2.45, 2.75) is 38.0 Å². The first-order valence-electron chi connectivity index (χ1n) is 10.5. The number of carbonyl (C=O) groups excluding carboxylic acids is 2. The third-order valence-electron chi connectivity index (χ3n) is 5.67. The zero-order valence-electron chi connectivity index (χ0n) is 17.7. The number of nitrogens with one attached hydrogen (secondary N) is 1. The van der Waals surface area contributed by atoms with Crippen molar-refractivity contribution in [3.05, 3.63) is 66.0 Å². The summed E-state index contributed by atoms with van der Waals surface area (Å²) in [7, 11) is 1.73. The molecule has 8 heteroatoms. The van der Waals surface area contributed by atoms with Gasteiger partial charge < -0.3 is 20.0 Å². The third kappa shape index (κ3) is 5.02. The van der Waals surface area contributed by atoms with Gasteiger partial charge in [-0.15, -0.1) is 0 Å². The van der Waals surface area contributed by atoms with Crippen molar-refractivity contribution in [3.63, 3.8) is 0 Å². The molecule has 4 rings (SSSR count). The smallest absolute Gasteiger partial charge is 0.317 e.